The van der Waals surface area contributed by atoms with Crippen molar-refractivity contribution in [3.63, 3.8) is 0 Å². The molecule has 0 unspecified atom stereocenters. The van der Waals surface area contributed by atoms with Crippen LogP contribution in [0.1, 0.15) is 16.7 Å². The average Bonchev–Trinajstić information content (AvgIpc) is 3.22. The largest absolute Gasteiger partial charge is 0.481 e. The van der Waals surface area contributed by atoms with E-state index in [0.717, 1.165) is 54.3 Å². The molecule has 0 saturated heterocycles. The smallest absolute Gasteiger partial charge is 0.307 e. The molecule has 3 N–H and O–H groups in total. The first-order valence-electron chi connectivity index (χ1n) is 10.3. The number of halogens is 1. The van der Waals surface area contributed by atoms with E-state index in [2.05, 4.69) is 5.32 Å². The number of carbonyl (C=O) groups is 1. The number of fused-ring (bicyclic) bond motifs is 1. The molecule has 0 spiro atoms. The van der Waals surface area contributed by atoms with Gasteiger partial charge in [0.25, 0.3) is 0 Å². The Morgan fingerprint density at radius 2 is 1.94 bits per heavy atom. The van der Waals surface area contributed by atoms with E-state index in [-0.39, 0.29) is 6.42 Å². The van der Waals surface area contributed by atoms with E-state index in [0.29, 0.717) is 5.02 Å². The fraction of sp³-hybridized carbons (Fsp3) is 0.115. The lowest BCUT2D eigenvalue weighted by Gasteiger charge is -2.13. The molecule has 33 heavy (non-hydrogen) atoms. The number of nitrogens with one attached hydrogen (secondary N) is 2. The van der Waals surface area contributed by atoms with Gasteiger partial charge in [0.15, 0.2) is 0 Å². The standard InChI is InChI=1S/C26H22ClN3O2S/c1-15-12-22-25(24(20(15)14-23(31)32)16-6-8-19(27)9-7-16)33-26(30-22)18-5-3-4-17(13-18)21(29-2)10-11-28/h3-13,28-29H,14H2,1-2H3,(H,31,32)/b21-10-,28-11?. The van der Waals surface area contributed by atoms with Crippen LogP contribution in [-0.2, 0) is 11.2 Å². The molecule has 3 aromatic carbocycles. The van der Waals surface area contributed by atoms with Gasteiger partial charge in [-0.25, -0.2) is 4.98 Å². The third kappa shape index (κ3) is 4.67. The molecule has 4 rings (SSSR count). The Bertz CT molecular complexity index is 1390. The zero-order chi connectivity index (χ0) is 23.5. The van der Waals surface area contributed by atoms with Crippen molar-refractivity contribution in [2.75, 3.05) is 7.05 Å². The maximum atomic E-state index is 11.6. The molecule has 0 saturated carbocycles. The second-order valence-electron chi connectivity index (χ2n) is 7.57. The second kappa shape index (κ2) is 9.57. The number of aryl methyl sites for hydroxylation is 1. The van der Waals surface area contributed by atoms with Crippen molar-refractivity contribution in [2.45, 2.75) is 13.3 Å². The first-order chi connectivity index (χ1) is 15.9. The lowest BCUT2D eigenvalue weighted by atomic mass is 9.93. The van der Waals surface area contributed by atoms with Gasteiger partial charge in [-0.05, 0) is 59.5 Å². The van der Waals surface area contributed by atoms with Gasteiger partial charge in [-0.2, -0.15) is 0 Å². The third-order valence-electron chi connectivity index (χ3n) is 5.41. The Hall–Kier alpha value is -3.48. The van der Waals surface area contributed by atoms with Gasteiger partial charge in [-0.15, -0.1) is 11.3 Å². The van der Waals surface area contributed by atoms with E-state index in [1.165, 1.54) is 6.21 Å². The Labute approximate surface area is 200 Å². The maximum Gasteiger partial charge on any atom is 0.307 e. The minimum atomic E-state index is -0.873. The van der Waals surface area contributed by atoms with Gasteiger partial charge in [0, 0.05) is 35.1 Å². The number of carboxylic acids is 1. The minimum Gasteiger partial charge on any atom is -0.481 e. The van der Waals surface area contributed by atoms with Crippen LogP contribution in [-0.4, -0.2) is 29.3 Å². The molecular weight excluding hydrogens is 454 g/mol. The number of hydrogen-bond acceptors (Lipinski definition) is 5. The van der Waals surface area contributed by atoms with Crippen molar-refractivity contribution >= 4 is 51.0 Å². The zero-order valence-corrected chi connectivity index (χ0v) is 19.7. The van der Waals surface area contributed by atoms with Crippen molar-refractivity contribution in [3.05, 3.63) is 82.4 Å². The van der Waals surface area contributed by atoms with Crippen molar-refractivity contribution in [1.82, 2.24) is 10.3 Å². The molecule has 0 bridgehead atoms. The van der Waals surface area contributed by atoms with Crippen LogP contribution in [0.2, 0.25) is 5.02 Å². The van der Waals surface area contributed by atoms with Crippen LogP contribution in [0.3, 0.4) is 0 Å². The molecule has 0 aliphatic rings. The lowest BCUT2D eigenvalue weighted by Crippen LogP contribution is -2.04. The number of thiazole rings is 1. The van der Waals surface area contributed by atoms with Gasteiger partial charge >= 0.3 is 5.97 Å². The highest BCUT2D eigenvalue weighted by Crippen LogP contribution is 2.41. The average molecular weight is 476 g/mol. The summed E-state index contributed by atoms with van der Waals surface area (Å²) in [6.07, 6.45) is 2.89. The van der Waals surface area contributed by atoms with E-state index >= 15 is 0 Å². The number of benzene rings is 3. The first kappa shape index (κ1) is 22.7. The molecule has 0 atom stereocenters. The number of hydrogen-bond donors (Lipinski definition) is 3. The van der Waals surface area contributed by atoms with Crippen LogP contribution in [0.15, 0.2) is 60.7 Å². The summed E-state index contributed by atoms with van der Waals surface area (Å²) < 4.78 is 0.948. The van der Waals surface area contributed by atoms with Crippen molar-refractivity contribution in [2.24, 2.45) is 0 Å². The zero-order valence-electron chi connectivity index (χ0n) is 18.1. The summed E-state index contributed by atoms with van der Waals surface area (Å²) in [5, 5.41) is 21.5. The summed E-state index contributed by atoms with van der Waals surface area (Å²) in [6, 6.07) is 17.4. The van der Waals surface area contributed by atoms with E-state index in [9.17, 15) is 9.90 Å². The molecular formula is C26H22ClN3O2S. The summed E-state index contributed by atoms with van der Waals surface area (Å²) in [4.78, 5) is 16.5. The molecule has 0 aliphatic carbocycles. The number of rotatable bonds is 7. The summed E-state index contributed by atoms with van der Waals surface area (Å²) in [7, 11) is 1.82. The van der Waals surface area contributed by atoms with Crippen LogP contribution >= 0.6 is 22.9 Å². The highest BCUT2D eigenvalue weighted by Gasteiger charge is 2.19. The Morgan fingerprint density at radius 1 is 1.18 bits per heavy atom. The molecule has 0 amide bonds. The SMILES string of the molecule is CN/C(=C\C=N)c1cccc(-c2nc3cc(C)c(CC(=O)O)c(-c4ccc(Cl)cc4)c3s2)c1. The van der Waals surface area contributed by atoms with Gasteiger partial charge in [0.05, 0.1) is 16.6 Å². The number of allylic oxidation sites excluding steroid dienone is 1. The fourth-order valence-electron chi connectivity index (χ4n) is 3.89. The van der Waals surface area contributed by atoms with Crippen LogP contribution < -0.4 is 5.32 Å². The van der Waals surface area contributed by atoms with Crippen LogP contribution in [0.5, 0.6) is 0 Å². The lowest BCUT2D eigenvalue weighted by molar-refractivity contribution is -0.136. The van der Waals surface area contributed by atoms with Crippen molar-refractivity contribution in [1.29, 1.82) is 5.41 Å². The van der Waals surface area contributed by atoms with Crippen LogP contribution in [0.4, 0.5) is 0 Å². The molecule has 166 valence electrons. The van der Waals surface area contributed by atoms with E-state index in [4.69, 9.17) is 22.0 Å². The van der Waals surface area contributed by atoms with Gasteiger partial charge in [-0.1, -0.05) is 41.9 Å². The first-order valence-corrected chi connectivity index (χ1v) is 11.5. The molecule has 4 aromatic rings. The quantitative estimate of drug-likeness (QED) is 0.269. The molecule has 1 heterocycles. The molecule has 1 aromatic heterocycles. The topological polar surface area (TPSA) is 86.1 Å². The minimum absolute atomic E-state index is 0.0671. The van der Waals surface area contributed by atoms with Crippen molar-refractivity contribution in [3.8, 4) is 21.7 Å². The van der Waals surface area contributed by atoms with Crippen LogP contribution in [0.25, 0.3) is 37.6 Å². The monoisotopic (exact) mass is 475 g/mol. The van der Waals surface area contributed by atoms with E-state index in [1.807, 2.05) is 68.6 Å². The predicted octanol–water partition coefficient (Wildman–Crippen LogP) is 6.43. The highest BCUT2D eigenvalue weighted by molar-refractivity contribution is 7.22. The van der Waals surface area contributed by atoms with Gasteiger partial charge < -0.3 is 15.8 Å². The number of aromatic nitrogens is 1. The van der Waals surface area contributed by atoms with Gasteiger partial charge in [0.2, 0.25) is 0 Å². The Kier molecular flexibility index (Phi) is 6.58. The van der Waals surface area contributed by atoms with Gasteiger partial charge in [-0.3, -0.25) is 4.79 Å². The molecule has 0 fully saturated rings. The predicted molar refractivity (Wildman–Crippen MR) is 137 cm³/mol. The van der Waals surface area contributed by atoms with Crippen LogP contribution in [0, 0.1) is 12.3 Å². The normalized spacial score (nSPS) is 11.5. The molecule has 5 nitrogen and oxygen atoms in total. The third-order valence-corrected chi connectivity index (χ3v) is 6.80. The van der Waals surface area contributed by atoms with E-state index < -0.39 is 5.97 Å². The highest BCUT2D eigenvalue weighted by atomic mass is 35.5. The summed E-state index contributed by atoms with van der Waals surface area (Å²) in [6.45, 7) is 1.93. The number of aliphatic carboxylic acids is 1. The second-order valence-corrected chi connectivity index (χ2v) is 9.01. The fourth-order valence-corrected chi connectivity index (χ4v) is 5.15. The van der Waals surface area contributed by atoms with Gasteiger partial charge in [0.1, 0.15) is 5.01 Å². The summed E-state index contributed by atoms with van der Waals surface area (Å²) >= 11 is 7.65. The molecule has 7 heteroatoms. The Morgan fingerprint density at radius 3 is 2.61 bits per heavy atom. The van der Waals surface area contributed by atoms with E-state index in [1.54, 1.807) is 17.4 Å². The Balaban J connectivity index is 1.93. The summed E-state index contributed by atoms with van der Waals surface area (Å²) in [5.74, 6) is -0.873. The van der Waals surface area contributed by atoms with Crippen molar-refractivity contribution < 1.29 is 9.90 Å². The summed E-state index contributed by atoms with van der Waals surface area (Å²) in [5.41, 5.74) is 7.08. The molecule has 0 radical (unpaired) electrons. The number of nitrogens with zero attached hydrogens (tertiary/aromatic N) is 1. The molecule has 0 aliphatic heterocycles. The number of carboxylic acid groups (broad SMARTS) is 1. The maximum absolute atomic E-state index is 11.6.